The van der Waals surface area contributed by atoms with Crippen molar-refractivity contribution >= 4 is 23.2 Å². The van der Waals surface area contributed by atoms with Crippen LogP contribution in [-0.2, 0) is 41.7 Å². The number of allylic oxidation sites excluding steroid dienone is 4. The number of carbonyl (C=O) groups excluding carboxylic acids is 2. The maximum absolute atomic E-state index is 13.0. The third-order valence-corrected chi connectivity index (χ3v) is 8.13. The molecule has 1 unspecified atom stereocenters. The SMILES string of the molecule is CCc1cc(Cc2cc(CC)c(NC(=O)CC3C=C(C)C=CC3)c(CC)c2)cc(C)c1NC(=O)Cc1cccc(C)c1. The zero-order valence-corrected chi connectivity index (χ0v) is 26.2. The highest BCUT2D eigenvalue weighted by Crippen LogP contribution is 2.30. The normalized spacial score (nSPS) is 14.4. The molecule has 4 rings (SSSR count). The Morgan fingerprint density at radius 2 is 1.38 bits per heavy atom. The maximum atomic E-state index is 13.0. The van der Waals surface area contributed by atoms with E-state index in [0.29, 0.717) is 12.8 Å². The molecule has 4 heteroatoms. The molecule has 1 aliphatic rings. The van der Waals surface area contributed by atoms with Gasteiger partial charge in [-0.2, -0.15) is 0 Å². The monoisotopic (exact) mass is 562 g/mol. The van der Waals surface area contributed by atoms with Crippen LogP contribution in [0.3, 0.4) is 0 Å². The van der Waals surface area contributed by atoms with Crippen LogP contribution in [0.25, 0.3) is 0 Å². The molecular formula is C38H46N2O2. The smallest absolute Gasteiger partial charge is 0.228 e. The highest BCUT2D eigenvalue weighted by Gasteiger charge is 2.17. The average molecular weight is 563 g/mol. The van der Waals surface area contributed by atoms with Gasteiger partial charge in [0.1, 0.15) is 0 Å². The molecule has 220 valence electrons. The lowest BCUT2D eigenvalue weighted by Gasteiger charge is -2.20. The summed E-state index contributed by atoms with van der Waals surface area (Å²) in [6.45, 7) is 12.7. The van der Waals surface area contributed by atoms with E-state index in [1.807, 2.05) is 25.1 Å². The minimum absolute atomic E-state index is 0.00932. The highest BCUT2D eigenvalue weighted by atomic mass is 16.2. The number of hydrogen-bond donors (Lipinski definition) is 2. The Hall–Kier alpha value is -3.92. The van der Waals surface area contributed by atoms with Gasteiger partial charge in [0.05, 0.1) is 6.42 Å². The fraction of sp³-hybridized carbons (Fsp3) is 0.368. The zero-order chi connectivity index (χ0) is 30.2. The summed E-state index contributed by atoms with van der Waals surface area (Å²) < 4.78 is 0. The Labute approximate surface area is 252 Å². The molecule has 0 fully saturated rings. The van der Waals surface area contributed by atoms with Crippen LogP contribution in [0.2, 0.25) is 0 Å². The predicted octanol–water partition coefficient (Wildman–Crippen LogP) is 8.61. The van der Waals surface area contributed by atoms with Gasteiger partial charge in [0.25, 0.3) is 0 Å². The number of nitrogens with one attached hydrogen (secondary N) is 2. The van der Waals surface area contributed by atoms with Crippen molar-refractivity contribution in [2.45, 2.75) is 86.5 Å². The van der Waals surface area contributed by atoms with E-state index < -0.39 is 0 Å². The van der Waals surface area contributed by atoms with E-state index in [1.54, 1.807) is 0 Å². The fourth-order valence-electron chi connectivity index (χ4n) is 6.08. The van der Waals surface area contributed by atoms with Crippen LogP contribution in [0.15, 0.2) is 72.3 Å². The van der Waals surface area contributed by atoms with Crippen molar-refractivity contribution in [1.82, 2.24) is 0 Å². The third-order valence-electron chi connectivity index (χ3n) is 8.13. The van der Waals surface area contributed by atoms with Crippen LogP contribution in [0.1, 0.15) is 85.0 Å². The molecule has 0 bridgehead atoms. The molecule has 0 saturated carbocycles. The van der Waals surface area contributed by atoms with Crippen LogP contribution in [0.4, 0.5) is 11.4 Å². The topological polar surface area (TPSA) is 58.2 Å². The van der Waals surface area contributed by atoms with Gasteiger partial charge in [0.15, 0.2) is 0 Å². The second-order valence-electron chi connectivity index (χ2n) is 11.7. The molecule has 0 aromatic heterocycles. The van der Waals surface area contributed by atoms with Gasteiger partial charge >= 0.3 is 0 Å². The van der Waals surface area contributed by atoms with Gasteiger partial charge in [0.2, 0.25) is 11.8 Å². The van der Waals surface area contributed by atoms with E-state index in [-0.39, 0.29) is 17.7 Å². The summed E-state index contributed by atoms with van der Waals surface area (Å²) in [6, 6.07) is 17.0. The number of anilines is 2. The van der Waals surface area contributed by atoms with Crippen LogP contribution < -0.4 is 10.6 Å². The standard InChI is InChI=1S/C38H46N2O2/c1-7-32-20-30(18-27(6)37(32)39-35(41)23-28-14-10-12-25(4)16-28)19-31-21-33(8-2)38(34(9-3)22-31)40-36(42)24-29-15-11-13-26(5)17-29/h10-14,16-18,20-22,29H,7-9,15,19,23-24H2,1-6H3,(H,39,41)(H,40,42). The van der Waals surface area contributed by atoms with Crippen LogP contribution >= 0.6 is 0 Å². The number of hydrogen-bond acceptors (Lipinski definition) is 2. The lowest BCUT2D eigenvalue weighted by Crippen LogP contribution is -2.18. The molecule has 3 aromatic rings. The largest absolute Gasteiger partial charge is 0.326 e. The number of benzene rings is 3. The predicted molar refractivity (Wildman–Crippen MR) is 176 cm³/mol. The molecule has 42 heavy (non-hydrogen) atoms. The Bertz CT molecular complexity index is 1490. The molecule has 0 radical (unpaired) electrons. The Balaban J connectivity index is 1.50. The van der Waals surface area contributed by atoms with Gasteiger partial charge in [-0.15, -0.1) is 0 Å². The Morgan fingerprint density at radius 1 is 0.762 bits per heavy atom. The van der Waals surface area contributed by atoms with Crippen LogP contribution in [0, 0.1) is 19.8 Å². The van der Waals surface area contributed by atoms with E-state index in [9.17, 15) is 9.59 Å². The summed E-state index contributed by atoms with van der Waals surface area (Å²) >= 11 is 0. The van der Waals surface area contributed by atoms with Crippen molar-refractivity contribution in [3.63, 3.8) is 0 Å². The van der Waals surface area contributed by atoms with Gasteiger partial charge in [-0.1, -0.05) is 98.7 Å². The summed E-state index contributed by atoms with van der Waals surface area (Å²) in [7, 11) is 0. The summed E-state index contributed by atoms with van der Waals surface area (Å²) in [4.78, 5) is 26.0. The van der Waals surface area contributed by atoms with E-state index >= 15 is 0 Å². The lowest BCUT2D eigenvalue weighted by atomic mass is 9.92. The molecule has 0 saturated heterocycles. The lowest BCUT2D eigenvalue weighted by molar-refractivity contribution is -0.117. The minimum Gasteiger partial charge on any atom is -0.326 e. The summed E-state index contributed by atoms with van der Waals surface area (Å²) in [6.07, 6.45) is 11.6. The fourth-order valence-corrected chi connectivity index (χ4v) is 6.08. The van der Waals surface area contributed by atoms with Crippen molar-refractivity contribution < 1.29 is 9.59 Å². The highest BCUT2D eigenvalue weighted by molar-refractivity contribution is 5.94. The molecule has 1 atom stereocenters. The summed E-state index contributed by atoms with van der Waals surface area (Å²) in [5, 5.41) is 6.47. The van der Waals surface area contributed by atoms with Crippen LogP contribution in [0.5, 0.6) is 0 Å². The molecule has 4 nitrogen and oxygen atoms in total. The summed E-state index contributed by atoms with van der Waals surface area (Å²) in [5.41, 5.74) is 12.4. The Morgan fingerprint density at radius 3 is 2.00 bits per heavy atom. The molecular weight excluding hydrogens is 516 g/mol. The quantitative estimate of drug-likeness (QED) is 0.246. The maximum Gasteiger partial charge on any atom is 0.228 e. The van der Waals surface area contributed by atoms with Gasteiger partial charge < -0.3 is 10.6 Å². The number of amides is 2. The second kappa shape index (κ2) is 14.3. The van der Waals surface area contributed by atoms with Gasteiger partial charge in [0, 0.05) is 17.8 Å². The minimum atomic E-state index is 0.00932. The molecule has 3 aromatic carbocycles. The first-order valence-corrected chi connectivity index (χ1v) is 15.5. The third kappa shape index (κ3) is 8.09. The average Bonchev–Trinajstić information content (AvgIpc) is 2.94. The number of carbonyl (C=O) groups is 2. The van der Waals surface area contributed by atoms with Gasteiger partial charge in [-0.05, 0) is 97.7 Å². The molecule has 0 heterocycles. The van der Waals surface area contributed by atoms with E-state index in [1.165, 1.54) is 27.8 Å². The zero-order valence-electron chi connectivity index (χ0n) is 26.2. The van der Waals surface area contributed by atoms with Crippen molar-refractivity contribution in [2.24, 2.45) is 5.92 Å². The molecule has 2 amide bonds. The first kappa shape index (κ1) is 31.0. The molecule has 2 N–H and O–H groups in total. The molecule has 1 aliphatic carbocycles. The number of rotatable bonds is 11. The number of aryl methyl sites for hydroxylation is 5. The first-order chi connectivity index (χ1) is 20.2. The van der Waals surface area contributed by atoms with E-state index in [4.69, 9.17) is 0 Å². The molecule has 0 spiro atoms. The van der Waals surface area contributed by atoms with Crippen LogP contribution in [-0.4, -0.2) is 11.8 Å². The van der Waals surface area contributed by atoms with Crippen molar-refractivity contribution in [3.05, 3.63) is 117 Å². The first-order valence-electron chi connectivity index (χ1n) is 15.5. The van der Waals surface area contributed by atoms with Crippen molar-refractivity contribution in [3.8, 4) is 0 Å². The Kier molecular flexibility index (Phi) is 10.6. The summed E-state index contributed by atoms with van der Waals surface area (Å²) in [5.74, 6) is 0.352. The molecule has 0 aliphatic heterocycles. The van der Waals surface area contributed by atoms with Crippen molar-refractivity contribution in [1.29, 1.82) is 0 Å². The van der Waals surface area contributed by atoms with E-state index in [0.717, 1.165) is 65.7 Å². The van der Waals surface area contributed by atoms with Gasteiger partial charge in [-0.3, -0.25) is 9.59 Å². The van der Waals surface area contributed by atoms with Gasteiger partial charge in [-0.25, -0.2) is 0 Å². The van der Waals surface area contributed by atoms with Crippen molar-refractivity contribution in [2.75, 3.05) is 10.6 Å². The second-order valence-corrected chi connectivity index (χ2v) is 11.7. The van der Waals surface area contributed by atoms with E-state index in [2.05, 4.69) is 93.8 Å².